The van der Waals surface area contributed by atoms with Crippen LogP contribution in [-0.4, -0.2) is 0 Å². The average molecular weight is 667 g/mol. The van der Waals surface area contributed by atoms with Crippen molar-refractivity contribution in [3.8, 4) is 67.5 Å². The predicted molar refractivity (Wildman–Crippen MR) is 207 cm³/mol. The maximum absolute atomic E-state index is 16.9. The molecule has 0 fully saturated rings. The summed E-state index contributed by atoms with van der Waals surface area (Å²) in [5, 5.41) is 2.01. The zero-order chi connectivity index (χ0) is 34.1. The first-order chi connectivity index (χ1) is 24.3. The molecule has 7 aromatic rings. The van der Waals surface area contributed by atoms with Crippen LogP contribution in [0.5, 0.6) is 23.0 Å². The first-order valence-corrected chi connectivity index (χ1v) is 18.7. The summed E-state index contributed by atoms with van der Waals surface area (Å²) in [6, 6.07) is 47.8. The molecule has 0 bridgehead atoms. The van der Waals surface area contributed by atoms with Crippen LogP contribution in [0.4, 0.5) is 0 Å². The van der Waals surface area contributed by atoms with E-state index in [2.05, 4.69) is 119 Å². The highest BCUT2D eigenvalue weighted by atomic mass is 31.2. The van der Waals surface area contributed by atoms with E-state index in [9.17, 15) is 0 Å². The molecule has 2 aliphatic rings. The first kappa shape index (κ1) is 30.4. The van der Waals surface area contributed by atoms with Gasteiger partial charge in [-0.3, -0.25) is 0 Å². The normalized spacial score (nSPS) is 13.4. The molecule has 0 amide bonds. The van der Waals surface area contributed by atoms with Crippen LogP contribution in [0.15, 0.2) is 140 Å². The van der Waals surface area contributed by atoms with Gasteiger partial charge in [-0.15, -0.1) is 0 Å². The summed E-state index contributed by atoms with van der Waals surface area (Å²) in [4.78, 5) is 0. The lowest BCUT2D eigenvalue weighted by atomic mass is 9.92. The third kappa shape index (κ3) is 4.54. The molecule has 0 saturated carbocycles. The molecule has 2 heterocycles. The molecule has 3 nitrogen and oxygen atoms in total. The molecule has 242 valence electrons. The molecule has 0 saturated heterocycles. The van der Waals surface area contributed by atoms with Crippen molar-refractivity contribution in [1.29, 1.82) is 0 Å². The van der Waals surface area contributed by atoms with E-state index < -0.39 is 7.14 Å². The van der Waals surface area contributed by atoms with Crippen LogP contribution < -0.4 is 25.4 Å². The Morgan fingerprint density at radius 1 is 0.400 bits per heavy atom. The number of ether oxygens (including phenoxy) is 2. The largest absolute Gasteiger partial charge is 0.455 e. The van der Waals surface area contributed by atoms with E-state index in [-0.39, 0.29) is 0 Å². The lowest BCUT2D eigenvalue weighted by molar-refractivity contribution is 0.464. The van der Waals surface area contributed by atoms with Crippen molar-refractivity contribution in [3.05, 3.63) is 162 Å². The highest BCUT2D eigenvalue weighted by Gasteiger charge is 2.49. The number of rotatable bonds is 4. The molecule has 50 heavy (non-hydrogen) atoms. The molecule has 0 spiro atoms. The van der Waals surface area contributed by atoms with Crippen LogP contribution in [-0.2, 0) is 4.57 Å². The van der Waals surface area contributed by atoms with Crippen molar-refractivity contribution in [1.82, 2.24) is 0 Å². The highest BCUT2D eigenvalue weighted by molar-refractivity contribution is 7.86. The Balaban J connectivity index is 1.42. The Morgan fingerprint density at radius 3 is 1.14 bits per heavy atom. The van der Waals surface area contributed by atoms with E-state index in [1.165, 1.54) is 0 Å². The molecule has 4 heteroatoms. The van der Waals surface area contributed by atoms with Gasteiger partial charge in [-0.1, -0.05) is 109 Å². The molecule has 0 aromatic heterocycles. The van der Waals surface area contributed by atoms with Gasteiger partial charge in [-0.25, -0.2) is 0 Å². The molecule has 0 aliphatic carbocycles. The SMILES string of the molecule is Cc1ccccc1-c1ccc2c(c1)P1(=O)c3cc(-c4ccccc4C)ccc3Oc3c(-c4ccccc4C)cc(-c4ccccc4C)c(c31)O2. The van der Waals surface area contributed by atoms with E-state index in [1.54, 1.807) is 0 Å². The van der Waals surface area contributed by atoms with E-state index >= 15 is 4.57 Å². The number of fused-ring (bicyclic) bond motifs is 4. The van der Waals surface area contributed by atoms with Gasteiger partial charge in [0.2, 0.25) is 0 Å². The molecule has 2 aliphatic heterocycles. The van der Waals surface area contributed by atoms with Crippen LogP contribution in [0, 0.1) is 27.7 Å². The van der Waals surface area contributed by atoms with Crippen molar-refractivity contribution in [2.45, 2.75) is 27.7 Å². The van der Waals surface area contributed by atoms with E-state index in [0.29, 0.717) is 38.9 Å². The van der Waals surface area contributed by atoms with Gasteiger partial charge in [0.15, 0.2) is 7.14 Å². The van der Waals surface area contributed by atoms with E-state index in [1.807, 2.05) is 48.5 Å². The van der Waals surface area contributed by atoms with Gasteiger partial charge in [-0.2, -0.15) is 0 Å². The molecule has 0 atom stereocenters. The third-order valence-electron chi connectivity index (χ3n) is 10.3. The zero-order valence-corrected chi connectivity index (χ0v) is 29.3. The van der Waals surface area contributed by atoms with Gasteiger partial charge in [-0.05, 0) is 114 Å². The zero-order valence-electron chi connectivity index (χ0n) is 28.5. The fraction of sp³-hybridized carbons (Fsp3) is 0.0870. The van der Waals surface area contributed by atoms with Gasteiger partial charge < -0.3 is 14.0 Å². The molecule has 0 unspecified atom stereocenters. The summed E-state index contributed by atoms with van der Waals surface area (Å²) >= 11 is 0. The molecule has 9 rings (SSSR count). The predicted octanol–water partition coefficient (Wildman–Crippen LogP) is 11.4. The Bertz CT molecular complexity index is 2410. The van der Waals surface area contributed by atoms with Crippen LogP contribution in [0.2, 0.25) is 0 Å². The smallest absolute Gasteiger partial charge is 0.185 e. The van der Waals surface area contributed by atoms with Gasteiger partial charge in [0.1, 0.15) is 28.3 Å². The van der Waals surface area contributed by atoms with Crippen molar-refractivity contribution >= 4 is 23.1 Å². The molecule has 0 radical (unpaired) electrons. The van der Waals surface area contributed by atoms with Crippen molar-refractivity contribution in [3.63, 3.8) is 0 Å². The van der Waals surface area contributed by atoms with E-state index in [0.717, 1.165) is 66.8 Å². The minimum absolute atomic E-state index is 0.595. The summed E-state index contributed by atoms with van der Waals surface area (Å²) in [5.74, 6) is 2.41. The summed E-state index contributed by atoms with van der Waals surface area (Å²) in [7, 11) is -3.62. The van der Waals surface area contributed by atoms with Crippen LogP contribution in [0.25, 0.3) is 44.5 Å². The van der Waals surface area contributed by atoms with Crippen molar-refractivity contribution in [2.24, 2.45) is 0 Å². The Morgan fingerprint density at radius 2 is 0.760 bits per heavy atom. The van der Waals surface area contributed by atoms with E-state index in [4.69, 9.17) is 9.47 Å². The maximum Gasteiger partial charge on any atom is 0.185 e. The van der Waals surface area contributed by atoms with Gasteiger partial charge >= 0.3 is 0 Å². The number of hydrogen-bond donors (Lipinski definition) is 0. The lowest BCUT2D eigenvalue weighted by Gasteiger charge is -2.37. The van der Waals surface area contributed by atoms with Crippen molar-refractivity contribution in [2.75, 3.05) is 0 Å². The van der Waals surface area contributed by atoms with Gasteiger partial charge in [0.25, 0.3) is 0 Å². The average Bonchev–Trinajstić information content (AvgIpc) is 3.13. The monoisotopic (exact) mass is 666 g/mol. The minimum Gasteiger partial charge on any atom is -0.455 e. The maximum atomic E-state index is 16.9. The summed E-state index contributed by atoms with van der Waals surface area (Å²) in [5.41, 5.74) is 12.6. The van der Waals surface area contributed by atoms with Crippen LogP contribution in [0.1, 0.15) is 22.3 Å². The Kier molecular flexibility index (Phi) is 6.98. The summed E-state index contributed by atoms with van der Waals surface area (Å²) in [6.07, 6.45) is 0. The third-order valence-corrected chi connectivity index (χ3v) is 13.4. The lowest BCUT2D eigenvalue weighted by Crippen LogP contribution is -2.36. The standard InChI is InChI=1S/C46H35O3P/c1-28-13-5-9-17-34(28)32-21-23-40-42(25-32)50(47)43-26-33(35-18-10-6-14-29(35)2)22-24-41(43)49-45-39(37-20-12-8-16-31(37)4)27-38(44(48-40)46(45)50)36-19-11-7-15-30(36)3/h5-27H,1-4H3. The second-order valence-corrected chi connectivity index (χ2v) is 16.0. The van der Waals surface area contributed by atoms with Crippen LogP contribution in [0.3, 0.4) is 0 Å². The van der Waals surface area contributed by atoms with Crippen LogP contribution >= 0.6 is 7.14 Å². The number of hydrogen-bond acceptors (Lipinski definition) is 3. The van der Waals surface area contributed by atoms with Crippen molar-refractivity contribution < 1.29 is 14.0 Å². The second kappa shape index (κ2) is 11.5. The topological polar surface area (TPSA) is 35.5 Å². The summed E-state index contributed by atoms with van der Waals surface area (Å²) in [6.45, 7) is 8.45. The molecular weight excluding hydrogens is 631 g/mol. The summed E-state index contributed by atoms with van der Waals surface area (Å²) < 4.78 is 30.8. The molecule has 7 aromatic carbocycles. The second-order valence-electron chi connectivity index (χ2n) is 13.4. The fourth-order valence-electron chi connectivity index (χ4n) is 7.70. The fourth-order valence-corrected chi connectivity index (χ4v) is 10.8. The highest BCUT2D eigenvalue weighted by Crippen LogP contribution is 2.62. The van der Waals surface area contributed by atoms with Gasteiger partial charge in [0.05, 0.1) is 10.6 Å². The number of benzene rings is 7. The number of aryl methyl sites for hydroxylation is 4. The quantitative estimate of drug-likeness (QED) is 0.175. The van der Waals surface area contributed by atoms with Gasteiger partial charge in [0, 0.05) is 11.1 Å². The minimum atomic E-state index is -3.62. The Labute approximate surface area is 293 Å². The molecule has 0 N–H and O–H groups in total. The molecular formula is C46H35O3P. The first-order valence-electron chi connectivity index (χ1n) is 17.0. The Hall–Kier alpha value is -5.63.